The Kier molecular flexibility index (Phi) is 6.75. The van der Waals surface area contributed by atoms with Gasteiger partial charge in [0.25, 0.3) is 0 Å². The molecule has 0 saturated heterocycles. The van der Waals surface area contributed by atoms with Gasteiger partial charge in [0, 0.05) is 18.7 Å². The van der Waals surface area contributed by atoms with Gasteiger partial charge in [0.2, 0.25) is 0 Å². The molecule has 0 fully saturated rings. The van der Waals surface area contributed by atoms with Crippen molar-refractivity contribution in [1.82, 2.24) is 5.32 Å². The number of ether oxygens (including phenoxy) is 2. The molecule has 2 amide bonds. The molecule has 0 heterocycles. The van der Waals surface area contributed by atoms with Crippen molar-refractivity contribution in [3.8, 4) is 11.5 Å². The number of hydrogen-bond donors (Lipinski definition) is 2. The van der Waals surface area contributed by atoms with Gasteiger partial charge in [-0.3, -0.25) is 0 Å². The molecule has 2 aromatic rings. The van der Waals surface area contributed by atoms with E-state index in [0.717, 1.165) is 12.8 Å². The van der Waals surface area contributed by atoms with Crippen LogP contribution >= 0.6 is 11.6 Å². The van der Waals surface area contributed by atoms with E-state index < -0.39 is 0 Å². The third-order valence-corrected chi connectivity index (χ3v) is 3.79. The second kappa shape index (κ2) is 9.03. The van der Waals surface area contributed by atoms with E-state index in [4.69, 9.17) is 21.1 Å². The van der Waals surface area contributed by atoms with E-state index >= 15 is 0 Å². The average Bonchev–Trinajstić information content (AvgIpc) is 2.60. The van der Waals surface area contributed by atoms with Crippen LogP contribution in [0.1, 0.15) is 12.0 Å². The molecule has 24 heavy (non-hydrogen) atoms. The summed E-state index contributed by atoms with van der Waals surface area (Å²) in [5.74, 6) is 0.942. The van der Waals surface area contributed by atoms with Gasteiger partial charge in [-0.25, -0.2) is 4.79 Å². The molecule has 0 saturated carbocycles. The third-order valence-electron chi connectivity index (χ3n) is 3.49. The first-order valence-corrected chi connectivity index (χ1v) is 8.02. The summed E-state index contributed by atoms with van der Waals surface area (Å²) in [6, 6.07) is 13.1. The molecular formula is C18H21ClN2O3. The number of rotatable bonds is 7. The monoisotopic (exact) mass is 348 g/mol. The van der Waals surface area contributed by atoms with Gasteiger partial charge in [-0.05, 0) is 18.4 Å². The van der Waals surface area contributed by atoms with E-state index in [-0.39, 0.29) is 6.03 Å². The number of carbonyl (C=O) groups excluding carboxylic acids is 1. The van der Waals surface area contributed by atoms with Gasteiger partial charge in [-0.15, -0.1) is 0 Å². The normalized spacial score (nSPS) is 10.1. The molecule has 0 aliphatic rings. The highest BCUT2D eigenvalue weighted by molar-refractivity contribution is 6.32. The van der Waals surface area contributed by atoms with Gasteiger partial charge < -0.3 is 20.1 Å². The molecular weight excluding hydrogens is 328 g/mol. The Morgan fingerprint density at radius 3 is 2.46 bits per heavy atom. The van der Waals surface area contributed by atoms with Gasteiger partial charge in [-0.1, -0.05) is 41.9 Å². The number of benzene rings is 2. The van der Waals surface area contributed by atoms with Crippen LogP contribution in [0, 0.1) is 0 Å². The second-order valence-corrected chi connectivity index (χ2v) is 5.56. The molecule has 0 atom stereocenters. The van der Waals surface area contributed by atoms with E-state index in [0.29, 0.717) is 28.8 Å². The van der Waals surface area contributed by atoms with E-state index in [1.165, 1.54) is 19.8 Å². The minimum atomic E-state index is -0.300. The lowest BCUT2D eigenvalue weighted by molar-refractivity contribution is 0.252. The van der Waals surface area contributed by atoms with Gasteiger partial charge in [0.05, 0.1) is 24.9 Å². The Morgan fingerprint density at radius 2 is 1.79 bits per heavy atom. The lowest BCUT2D eigenvalue weighted by Gasteiger charge is -2.13. The first-order valence-electron chi connectivity index (χ1n) is 7.64. The van der Waals surface area contributed by atoms with Crippen LogP contribution in [0.15, 0.2) is 42.5 Å². The maximum Gasteiger partial charge on any atom is 0.319 e. The van der Waals surface area contributed by atoms with Crippen LogP contribution in [0.5, 0.6) is 11.5 Å². The van der Waals surface area contributed by atoms with Crippen molar-refractivity contribution in [2.75, 3.05) is 26.1 Å². The average molecular weight is 349 g/mol. The predicted octanol–water partition coefficient (Wildman–Crippen LogP) is 4.11. The zero-order valence-electron chi connectivity index (χ0n) is 13.8. The lowest BCUT2D eigenvalue weighted by Crippen LogP contribution is -2.29. The summed E-state index contributed by atoms with van der Waals surface area (Å²) in [6.45, 7) is 0.577. The summed E-state index contributed by atoms with van der Waals surface area (Å²) in [5.41, 5.74) is 1.75. The zero-order chi connectivity index (χ0) is 17.4. The maximum atomic E-state index is 12.0. The van der Waals surface area contributed by atoms with Crippen molar-refractivity contribution in [3.63, 3.8) is 0 Å². The van der Waals surface area contributed by atoms with Gasteiger partial charge in [-0.2, -0.15) is 0 Å². The Hall–Kier alpha value is -2.40. The molecule has 2 rings (SSSR count). The Morgan fingerprint density at radius 1 is 1.08 bits per heavy atom. The van der Waals surface area contributed by atoms with Crippen LogP contribution in [0.3, 0.4) is 0 Å². The van der Waals surface area contributed by atoms with Gasteiger partial charge >= 0.3 is 6.03 Å². The quantitative estimate of drug-likeness (QED) is 0.740. The number of amides is 2. The summed E-state index contributed by atoms with van der Waals surface area (Å²) in [6.07, 6.45) is 1.78. The minimum absolute atomic E-state index is 0.300. The van der Waals surface area contributed by atoms with Crippen molar-refractivity contribution in [2.24, 2.45) is 0 Å². The summed E-state index contributed by atoms with van der Waals surface area (Å²) in [5, 5.41) is 5.99. The summed E-state index contributed by atoms with van der Waals surface area (Å²) >= 11 is 6.04. The van der Waals surface area contributed by atoms with Crippen molar-refractivity contribution >= 4 is 23.3 Å². The molecule has 2 N–H and O–H groups in total. The Balaban J connectivity index is 1.85. The van der Waals surface area contributed by atoms with Crippen LogP contribution in [0.2, 0.25) is 5.02 Å². The van der Waals surface area contributed by atoms with Crippen molar-refractivity contribution in [1.29, 1.82) is 0 Å². The van der Waals surface area contributed by atoms with Gasteiger partial charge in [0.15, 0.2) is 0 Å². The van der Waals surface area contributed by atoms with Crippen LogP contribution in [0.4, 0.5) is 10.5 Å². The Labute approximate surface area is 146 Å². The first kappa shape index (κ1) is 17.9. The number of anilines is 1. The van der Waals surface area contributed by atoms with E-state index in [1.807, 2.05) is 18.2 Å². The van der Waals surface area contributed by atoms with Crippen molar-refractivity contribution in [2.45, 2.75) is 12.8 Å². The summed E-state index contributed by atoms with van der Waals surface area (Å²) < 4.78 is 10.4. The number of halogens is 1. The largest absolute Gasteiger partial charge is 0.495 e. The Bertz CT molecular complexity index is 677. The summed E-state index contributed by atoms with van der Waals surface area (Å²) in [7, 11) is 3.03. The van der Waals surface area contributed by atoms with Crippen LogP contribution in [-0.2, 0) is 6.42 Å². The number of aryl methyl sites for hydroxylation is 1. The number of urea groups is 1. The minimum Gasteiger partial charge on any atom is -0.495 e. The molecule has 2 aromatic carbocycles. The molecule has 0 aliphatic heterocycles. The van der Waals surface area contributed by atoms with E-state index in [9.17, 15) is 4.79 Å². The van der Waals surface area contributed by atoms with E-state index in [1.54, 1.807) is 12.1 Å². The predicted molar refractivity (Wildman–Crippen MR) is 96.3 cm³/mol. The molecule has 0 bridgehead atoms. The topological polar surface area (TPSA) is 59.6 Å². The fourth-order valence-corrected chi connectivity index (χ4v) is 2.49. The van der Waals surface area contributed by atoms with Crippen LogP contribution < -0.4 is 20.1 Å². The van der Waals surface area contributed by atoms with E-state index in [2.05, 4.69) is 22.8 Å². The van der Waals surface area contributed by atoms with Crippen molar-refractivity contribution in [3.05, 3.63) is 53.1 Å². The molecule has 5 nitrogen and oxygen atoms in total. The number of nitrogens with one attached hydrogen (secondary N) is 2. The maximum absolute atomic E-state index is 12.0. The van der Waals surface area contributed by atoms with Crippen LogP contribution in [-0.4, -0.2) is 26.8 Å². The molecule has 0 radical (unpaired) electrons. The molecule has 0 aliphatic carbocycles. The smallest absolute Gasteiger partial charge is 0.319 e. The fourth-order valence-electron chi connectivity index (χ4n) is 2.26. The molecule has 0 spiro atoms. The highest BCUT2D eigenvalue weighted by Gasteiger charge is 2.12. The number of methoxy groups -OCH3 is 2. The van der Waals surface area contributed by atoms with Crippen LogP contribution in [0.25, 0.3) is 0 Å². The lowest BCUT2D eigenvalue weighted by atomic mass is 10.1. The van der Waals surface area contributed by atoms with Crippen molar-refractivity contribution < 1.29 is 14.3 Å². The molecule has 0 unspecified atom stereocenters. The molecule has 6 heteroatoms. The highest BCUT2D eigenvalue weighted by atomic mass is 35.5. The van der Waals surface area contributed by atoms with Gasteiger partial charge in [0.1, 0.15) is 11.5 Å². The summed E-state index contributed by atoms with van der Waals surface area (Å²) in [4.78, 5) is 12.0. The zero-order valence-corrected chi connectivity index (χ0v) is 14.5. The molecule has 128 valence electrons. The second-order valence-electron chi connectivity index (χ2n) is 5.16. The standard InChI is InChI=1S/C18H21ClN2O3/c1-23-16-12-15(17(24-2)11-14(16)19)21-18(22)20-10-6-9-13-7-4-3-5-8-13/h3-5,7-8,11-12H,6,9-10H2,1-2H3,(H2,20,21,22). The number of hydrogen-bond acceptors (Lipinski definition) is 3. The third kappa shape index (κ3) is 5.06. The number of carbonyl (C=O) groups is 1. The highest BCUT2D eigenvalue weighted by Crippen LogP contribution is 2.35. The SMILES string of the molecule is COc1cc(NC(=O)NCCCc2ccccc2)c(OC)cc1Cl. The fraction of sp³-hybridized carbons (Fsp3) is 0.278. The molecule has 0 aromatic heterocycles. The first-order chi connectivity index (χ1) is 11.6.